The molecule has 0 aromatic heterocycles. The number of hydrogen-bond acceptors (Lipinski definition) is 6. The minimum atomic E-state index is -1.11. The first-order valence-corrected chi connectivity index (χ1v) is 6.09. The zero-order chi connectivity index (χ0) is 12.6. The summed E-state index contributed by atoms with van der Waals surface area (Å²) < 4.78 is 5.39. The van der Waals surface area contributed by atoms with Crippen molar-refractivity contribution in [1.29, 1.82) is 0 Å². The van der Waals surface area contributed by atoms with Gasteiger partial charge < -0.3 is 30.3 Å². The fourth-order valence-corrected chi connectivity index (χ4v) is 2.53. The van der Waals surface area contributed by atoms with Crippen molar-refractivity contribution in [2.45, 2.75) is 31.0 Å². The highest BCUT2D eigenvalue weighted by Gasteiger charge is 2.46. The smallest absolute Gasteiger partial charge is 0.175 e. The van der Waals surface area contributed by atoms with Crippen LogP contribution in [0.15, 0.2) is 0 Å². The molecular formula is C9H14N2O4S2. The Morgan fingerprint density at radius 3 is 2.59 bits per heavy atom. The van der Waals surface area contributed by atoms with Gasteiger partial charge in [-0.15, -0.1) is 0 Å². The van der Waals surface area contributed by atoms with Gasteiger partial charge in [0.1, 0.15) is 18.3 Å². The second kappa shape index (κ2) is 5.09. The van der Waals surface area contributed by atoms with Crippen molar-refractivity contribution in [3.8, 4) is 0 Å². The molecule has 4 atom stereocenters. The standard InChI is InChI=1S/C9H14N2O4S2/c12-3-4-6(13)7(14)8(15-4)11-2-1-5(16)10-9(11)17/h4,6-8,12-14H,1-3H2,(H,10,16,17). The predicted octanol–water partition coefficient (Wildman–Crippen LogP) is -1.67. The second-order valence-corrected chi connectivity index (χ2v) is 4.91. The minimum Gasteiger partial charge on any atom is -0.394 e. The first-order valence-electron chi connectivity index (χ1n) is 5.27. The molecule has 8 heteroatoms. The van der Waals surface area contributed by atoms with Gasteiger partial charge in [0.15, 0.2) is 11.3 Å². The maximum Gasteiger partial charge on any atom is 0.175 e. The van der Waals surface area contributed by atoms with Crippen LogP contribution in [0.5, 0.6) is 0 Å². The van der Waals surface area contributed by atoms with E-state index in [1.165, 1.54) is 0 Å². The Morgan fingerprint density at radius 1 is 1.35 bits per heavy atom. The molecule has 0 spiro atoms. The summed E-state index contributed by atoms with van der Waals surface area (Å²) in [5.74, 6) is 0. The first kappa shape index (κ1) is 13.1. The molecule has 0 amide bonds. The van der Waals surface area contributed by atoms with Gasteiger partial charge in [-0.2, -0.15) is 0 Å². The lowest BCUT2D eigenvalue weighted by atomic mass is 10.1. The monoisotopic (exact) mass is 278 g/mol. The number of thiocarbonyl (C=S) groups is 2. The van der Waals surface area contributed by atoms with E-state index in [9.17, 15) is 10.2 Å². The Labute approximate surface area is 109 Å². The zero-order valence-corrected chi connectivity index (χ0v) is 10.6. The molecule has 2 aliphatic heterocycles. The molecule has 96 valence electrons. The molecule has 4 unspecified atom stereocenters. The van der Waals surface area contributed by atoms with Crippen LogP contribution in [0, 0.1) is 0 Å². The fourth-order valence-electron chi connectivity index (χ4n) is 1.96. The van der Waals surface area contributed by atoms with Crippen LogP contribution in [0.1, 0.15) is 6.42 Å². The van der Waals surface area contributed by atoms with Crippen LogP contribution in [-0.2, 0) is 4.74 Å². The number of aliphatic hydroxyl groups excluding tert-OH is 3. The van der Waals surface area contributed by atoms with Crippen LogP contribution in [0.4, 0.5) is 0 Å². The number of aliphatic hydroxyl groups is 3. The number of nitrogens with one attached hydrogen (secondary N) is 1. The van der Waals surface area contributed by atoms with Crippen LogP contribution >= 0.6 is 24.4 Å². The van der Waals surface area contributed by atoms with Crippen LogP contribution in [0.3, 0.4) is 0 Å². The Balaban J connectivity index is 2.08. The molecular weight excluding hydrogens is 264 g/mol. The molecule has 0 aliphatic carbocycles. The average Bonchev–Trinajstić information content (AvgIpc) is 2.57. The molecule has 0 saturated carbocycles. The number of rotatable bonds is 2. The van der Waals surface area contributed by atoms with Gasteiger partial charge in [-0.3, -0.25) is 0 Å². The van der Waals surface area contributed by atoms with Crippen molar-refractivity contribution in [2.24, 2.45) is 0 Å². The van der Waals surface area contributed by atoms with Crippen molar-refractivity contribution < 1.29 is 20.1 Å². The third-order valence-electron chi connectivity index (χ3n) is 2.91. The van der Waals surface area contributed by atoms with Crippen LogP contribution < -0.4 is 5.32 Å². The Morgan fingerprint density at radius 2 is 2.06 bits per heavy atom. The summed E-state index contributed by atoms with van der Waals surface area (Å²) in [5.41, 5.74) is 0. The van der Waals surface area contributed by atoms with Gasteiger partial charge in [0.25, 0.3) is 0 Å². The van der Waals surface area contributed by atoms with Gasteiger partial charge in [-0.1, -0.05) is 12.2 Å². The molecule has 2 aliphatic rings. The van der Waals surface area contributed by atoms with E-state index in [0.29, 0.717) is 23.1 Å². The quantitative estimate of drug-likeness (QED) is 0.446. The van der Waals surface area contributed by atoms with E-state index >= 15 is 0 Å². The summed E-state index contributed by atoms with van der Waals surface area (Å²) in [5, 5.41) is 31.7. The zero-order valence-electron chi connectivity index (χ0n) is 8.94. The fraction of sp³-hybridized carbons (Fsp3) is 0.778. The maximum atomic E-state index is 9.85. The van der Waals surface area contributed by atoms with Crippen molar-refractivity contribution in [3.05, 3.63) is 0 Å². The largest absolute Gasteiger partial charge is 0.394 e. The molecule has 0 aromatic carbocycles. The summed E-state index contributed by atoms with van der Waals surface area (Å²) >= 11 is 10.1. The highest BCUT2D eigenvalue weighted by molar-refractivity contribution is 7.81. The average molecular weight is 278 g/mol. The van der Waals surface area contributed by atoms with Crippen molar-refractivity contribution in [1.82, 2.24) is 10.2 Å². The molecule has 17 heavy (non-hydrogen) atoms. The summed E-state index contributed by atoms with van der Waals surface area (Å²) in [6, 6.07) is 0. The molecule has 0 aromatic rings. The molecule has 4 N–H and O–H groups in total. The topological polar surface area (TPSA) is 85.2 Å². The van der Waals surface area contributed by atoms with E-state index in [0.717, 1.165) is 0 Å². The number of nitrogens with zero attached hydrogens (tertiary/aromatic N) is 1. The third kappa shape index (κ3) is 2.42. The van der Waals surface area contributed by atoms with E-state index in [1.54, 1.807) is 4.90 Å². The lowest BCUT2D eigenvalue weighted by molar-refractivity contribution is -0.0715. The summed E-state index contributed by atoms with van der Waals surface area (Å²) in [4.78, 5) is 2.28. The van der Waals surface area contributed by atoms with Crippen LogP contribution in [0.2, 0.25) is 0 Å². The molecule has 2 rings (SSSR count). The highest BCUT2D eigenvalue weighted by Crippen LogP contribution is 2.25. The SMILES string of the molecule is OCC1OC(N2CCC(=S)NC2=S)C(O)C1O. The first-order chi connectivity index (χ1) is 8.04. The van der Waals surface area contributed by atoms with E-state index in [4.69, 9.17) is 34.3 Å². The van der Waals surface area contributed by atoms with Crippen molar-refractivity contribution in [3.63, 3.8) is 0 Å². The van der Waals surface area contributed by atoms with Gasteiger partial charge in [-0.05, 0) is 12.2 Å². The third-order valence-corrected chi connectivity index (χ3v) is 3.55. The normalized spacial score (nSPS) is 38.4. The van der Waals surface area contributed by atoms with E-state index in [2.05, 4.69) is 5.32 Å². The summed E-state index contributed by atoms with van der Waals surface area (Å²) in [6.45, 7) is 0.179. The second-order valence-electron chi connectivity index (χ2n) is 4.03. The number of hydrogen-bond donors (Lipinski definition) is 4. The molecule has 2 fully saturated rings. The minimum absolute atomic E-state index is 0.346. The summed E-state index contributed by atoms with van der Waals surface area (Å²) in [6.07, 6.45) is -3.13. The highest BCUT2D eigenvalue weighted by atomic mass is 32.1. The Kier molecular flexibility index (Phi) is 3.91. The lowest BCUT2D eigenvalue weighted by Gasteiger charge is -2.36. The van der Waals surface area contributed by atoms with E-state index in [-0.39, 0.29) is 6.61 Å². The van der Waals surface area contributed by atoms with Crippen LogP contribution in [-0.4, -0.2) is 68.0 Å². The lowest BCUT2D eigenvalue weighted by Crippen LogP contribution is -2.56. The molecule has 2 heterocycles. The summed E-state index contributed by atoms with van der Waals surface area (Å²) in [7, 11) is 0. The Hall–Kier alpha value is -0.380. The Bertz CT molecular complexity index is 341. The van der Waals surface area contributed by atoms with Gasteiger partial charge in [0.2, 0.25) is 0 Å². The van der Waals surface area contributed by atoms with Crippen molar-refractivity contribution in [2.75, 3.05) is 13.2 Å². The maximum absolute atomic E-state index is 9.85. The molecule has 6 nitrogen and oxygen atoms in total. The van der Waals surface area contributed by atoms with Crippen molar-refractivity contribution >= 4 is 34.5 Å². The molecule has 2 saturated heterocycles. The van der Waals surface area contributed by atoms with E-state index < -0.39 is 24.5 Å². The van der Waals surface area contributed by atoms with Gasteiger partial charge in [-0.25, -0.2) is 0 Å². The number of ether oxygens (including phenoxy) is 1. The molecule has 0 bridgehead atoms. The van der Waals surface area contributed by atoms with Gasteiger partial charge in [0, 0.05) is 13.0 Å². The van der Waals surface area contributed by atoms with Crippen LogP contribution in [0.25, 0.3) is 0 Å². The van der Waals surface area contributed by atoms with E-state index in [1.807, 2.05) is 0 Å². The predicted molar refractivity (Wildman–Crippen MR) is 67.4 cm³/mol. The van der Waals surface area contributed by atoms with Gasteiger partial charge in [0.05, 0.1) is 11.6 Å². The molecule has 0 radical (unpaired) electrons. The van der Waals surface area contributed by atoms with Gasteiger partial charge >= 0.3 is 0 Å².